The van der Waals surface area contributed by atoms with Crippen LogP contribution in [0.15, 0.2) is 71.8 Å². The van der Waals surface area contributed by atoms with E-state index in [1.165, 1.54) is 0 Å². The number of hydrogen-bond acceptors (Lipinski definition) is 4. The lowest BCUT2D eigenvalue weighted by Gasteiger charge is -2.14. The van der Waals surface area contributed by atoms with Gasteiger partial charge in [0.1, 0.15) is 5.75 Å². The number of benzene rings is 3. The second-order valence-corrected chi connectivity index (χ2v) is 6.06. The number of anilines is 1. The number of nitrogens with one attached hydrogen (secondary N) is 1. The molecule has 1 atom stereocenters. The number of carbonyl (C=O) groups excluding carboxylic acids is 1. The number of hydrazone groups is 1. The maximum Gasteiger partial charge on any atom is 0.280 e. The van der Waals surface area contributed by atoms with Gasteiger partial charge >= 0.3 is 0 Å². The summed E-state index contributed by atoms with van der Waals surface area (Å²) in [6.07, 6.45) is -0.667. The first kappa shape index (κ1) is 17.5. The highest BCUT2D eigenvalue weighted by Crippen LogP contribution is 2.21. The van der Waals surface area contributed by atoms with E-state index in [9.17, 15) is 4.79 Å². The molecule has 5 nitrogen and oxygen atoms in total. The van der Waals surface area contributed by atoms with Crippen LogP contribution in [0, 0.1) is 0 Å². The van der Waals surface area contributed by atoms with E-state index in [4.69, 9.17) is 10.5 Å². The summed E-state index contributed by atoms with van der Waals surface area (Å²) in [7, 11) is 0. The molecule has 132 valence electrons. The van der Waals surface area contributed by atoms with Crippen LogP contribution in [0.1, 0.15) is 19.4 Å². The number of hydrogen-bond donors (Lipinski definition) is 2. The molecular weight excluding hydrogens is 326 g/mol. The van der Waals surface area contributed by atoms with E-state index in [0.29, 0.717) is 17.1 Å². The average molecular weight is 347 g/mol. The molecule has 1 amide bonds. The number of ether oxygens (including phenoxy) is 1. The van der Waals surface area contributed by atoms with Gasteiger partial charge in [-0.2, -0.15) is 5.10 Å². The Hall–Kier alpha value is -3.34. The zero-order valence-corrected chi connectivity index (χ0v) is 14.8. The fourth-order valence-corrected chi connectivity index (χ4v) is 2.52. The normalized spacial score (nSPS) is 12.6. The summed E-state index contributed by atoms with van der Waals surface area (Å²) in [5.74, 6) is 0.332. The molecule has 3 N–H and O–H groups in total. The van der Waals surface area contributed by atoms with Crippen molar-refractivity contribution < 1.29 is 9.53 Å². The molecule has 0 aliphatic carbocycles. The van der Waals surface area contributed by atoms with Crippen LogP contribution in [0.4, 0.5) is 5.69 Å². The third-order valence-corrected chi connectivity index (χ3v) is 4.07. The van der Waals surface area contributed by atoms with E-state index in [2.05, 4.69) is 10.5 Å². The summed E-state index contributed by atoms with van der Waals surface area (Å²) in [6.45, 7) is 3.51. The van der Waals surface area contributed by atoms with Crippen molar-refractivity contribution in [2.45, 2.75) is 20.0 Å². The van der Waals surface area contributed by atoms with Crippen molar-refractivity contribution in [3.8, 4) is 5.75 Å². The molecule has 3 aromatic carbocycles. The smallest absolute Gasteiger partial charge is 0.280 e. The third-order valence-electron chi connectivity index (χ3n) is 4.07. The summed E-state index contributed by atoms with van der Waals surface area (Å²) in [5, 5.41) is 6.32. The first-order valence-electron chi connectivity index (χ1n) is 8.38. The minimum atomic E-state index is -0.667. The quantitative estimate of drug-likeness (QED) is 0.419. The van der Waals surface area contributed by atoms with Gasteiger partial charge in [0.05, 0.1) is 5.71 Å². The lowest BCUT2D eigenvalue weighted by atomic mass is 10.1. The van der Waals surface area contributed by atoms with Gasteiger partial charge in [-0.05, 0) is 54.4 Å². The van der Waals surface area contributed by atoms with Crippen molar-refractivity contribution in [1.82, 2.24) is 5.43 Å². The van der Waals surface area contributed by atoms with Crippen molar-refractivity contribution in [2.24, 2.45) is 5.10 Å². The molecule has 0 bridgehead atoms. The first-order valence-corrected chi connectivity index (χ1v) is 8.38. The predicted molar refractivity (Wildman–Crippen MR) is 105 cm³/mol. The van der Waals surface area contributed by atoms with Gasteiger partial charge in [-0.15, -0.1) is 0 Å². The van der Waals surface area contributed by atoms with Crippen molar-refractivity contribution in [3.63, 3.8) is 0 Å². The number of amides is 1. The molecule has 0 saturated carbocycles. The van der Waals surface area contributed by atoms with Crippen LogP contribution in [-0.4, -0.2) is 17.7 Å². The number of carbonyl (C=O) groups is 1. The lowest BCUT2D eigenvalue weighted by molar-refractivity contribution is -0.127. The second kappa shape index (κ2) is 7.70. The molecule has 0 radical (unpaired) electrons. The van der Waals surface area contributed by atoms with Crippen molar-refractivity contribution in [3.05, 3.63) is 72.3 Å². The summed E-state index contributed by atoms with van der Waals surface area (Å²) in [6, 6.07) is 21.0. The Morgan fingerprint density at radius 1 is 1.04 bits per heavy atom. The maximum absolute atomic E-state index is 12.2. The van der Waals surface area contributed by atoms with Gasteiger partial charge < -0.3 is 10.5 Å². The standard InChI is InChI=1S/C21H21N3O2/c1-14(16-7-10-19(22)11-8-16)23-24-21(25)15(2)26-20-12-9-17-5-3-4-6-18(17)13-20/h3-13,15H,22H2,1-2H3,(H,24,25)/b23-14+/t15-/m0/s1. The highest BCUT2D eigenvalue weighted by Gasteiger charge is 2.14. The van der Waals surface area contributed by atoms with E-state index in [0.717, 1.165) is 16.3 Å². The molecule has 0 aliphatic rings. The number of rotatable bonds is 5. The molecule has 5 heteroatoms. The lowest BCUT2D eigenvalue weighted by Crippen LogP contribution is -2.33. The van der Waals surface area contributed by atoms with Crippen molar-refractivity contribution >= 4 is 28.1 Å². The second-order valence-electron chi connectivity index (χ2n) is 6.06. The molecule has 0 aliphatic heterocycles. The van der Waals surface area contributed by atoms with Crippen LogP contribution in [0.2, 0.25) is 0 Å². The minimum absolute atomic E-state index is 0.312. The Bertz CT molecular complexity index is 949. The molecule has 0 heterocycles. The Balaban J connectivity index is 1.63. The molecule has 0 unspecified atom stereocenters. The molecule has 0 aromatic heterocycles. The minimum Gasteiger partial charge on any atom is -0.481 e. The van der Waals surface area contributed by atoms with Crippen LogP contribution in [-0.2, 0) is 4.79 Å². The number of nitrogens with zero attached hydrogens (tertiary/aromatic N) is 1. The third kappa shape index (κ3) is 4.19. The van der Waals surface area contributed by atoms with Crippen LogP contribution in [0.25, 0.3) is 10.8 Å². The number of nitrogen functional groups attached to an aromatic ring is 1. The van der Waals surface area contributed by atoms with E-state index in [1.807, 2.05) is 61.5 Å². The van der Waals surface area contributed by atoms with Crippen LogP contribution >= 0.6 is 0 Å². The highest BCUT2D eigenvalue weighted by molar-refractivity contribution is 5.99. The Morgan fingerprint density at radius 2 is 1.73 bits per heavy atom. The van der Waals surface area contributed by atoms with Gasteiger partial charge in [-0.25, -0.2) is 5.43 Å². The molecule has 0 spiro atoms. The Kier molecular flexibility index (Phi) is 5.17. The van der Waals surface area contributed by atoms with Gasteiger partial charge in [0.25, 0.3) is 5.91 Å². The van der Waals surface area contributed by atoms with Gasteiger partial charge in [0.15, 0.2) is 6.10 Å². The zero-order valence-electron chi connectivity index (χ0n) is 14.8. The summed E-state index contributed by atoms with van der Waals surface area (Å²) in [5.41, 5.74) is 10.5. The van der Waals surface area contributed by atoms with E-state index in [-0.39, 0.29) is 5.91 Å². The SMILES string of the molecule is C/C(=N\NC(=O)[C@H](C)Oc1ccc2ccccc2c1)c1ccc(N)cc1. The highest BCUT2D eigenvalue weighted by atomic mass is 16.5. The summed E-state index contributed by atoms with van der Waals surface area (Å²) in [4.78, 5) is 12.2. The molecular formula is C21H21N3O2. The largest absolute Gasteiger partial charge is 0.481 e. The van der Waals surface area contributed by atoms with E-state index >= 15 is 0 Å². The van der Waals surface area contributed by atoms with Crippen molar-refractivity contribution in [1.29, 1.82) is 0 Å². The maximum atomic E-state index is 12.2. The zero-order chi connectivity index (χ0) is 18.5. The van der Waals surface area contributed by atoms with Gasteiger partial charge in [0, 0.05) is 5.69 Å². The fourth-order valence-electron chi connectivity index (χ4n) is 2.52. The first-order chi connectivity index (χ1) is 12.5. The fraction of sp³-hybridized carbons (Fsp3) is 0.143. The Labute approximate surface area is 152 Å². The number of fused-ring (bicyclic) bond motifs is 1. The predicted octanol–water partition coefficient (Wildman–Crippen LogP) is 3.73. The van der Waals surface area contributed by atoms with Crippen LogP contribution in [0.3, 0.4) is 0 Å². The van der Waals surface area contributed by atoms with Gasteiger partial charge in [0.2, 0.25) is 0 Å². The van der Waals surface area contributed by atoms with Crippen LogP contribution < -0.4 is 15.9 Å². The van der Waals surface area contributed by atoms with Crippen LogP contribution in [0.5, 0.6) is 5.75 Å². The van der Waals surface area contributed by atoms with Crippen molar-refractivity contribution in [2.75, 3.05) is 5.73 Å². The molecule has 0 fully saturated rings. The molecule has 26 heavy (non-hydrogen) atoms. The van der Waals surface area contributed by atoms with Gasteiger partial charge in [-0.3, -0.25) is 4.79 Å². The summed E-state index contributed by atoms with van der Waals surface area (Å²) >= 11 is 0. The summed E-state index contributed by atoms with van der Waals surface area (Å²) < 4.78 is 5.74. The molecule has 3 rings (SSSR count). The molecule has 3 aromatic rings. The van der Waals surface area contributed by atoms with E-state index in [1.54, 1.807) is 19.1 Å². The topological polar surface area (TPSA) is 76.7 Å². The Morgan fingerprint density at radius 3 is 2.46 bits per heavy atom. The monoisotopic (exact) mass is 347 g/mol. The number of nitrogens with two attached hydrogens (primary N) is 1. The molecule has 0 saturated heterocycles. The average Bonchev–Trinajstić information content (AvgIpc) is 2.66. The van der Waals surface area contributed by atoms with Gasteiger partial charge in [-0.1, -0.05) is 42.5 Å². The van der Waals surface area contributed by atoms with E-state index < -0.39 is 6.10 Å².